The van der Waals surface area contributed by atoms with Crippen molar-refractivity contribution in [1.29, 1.82) is 0 Å². The quantitative estimate of drug-likeness (QED) is 0.785. The van der Waals surface area contributed by atoms with E-state index < -0.39 is 0 Å². The van der Waals surface area contributed by atoms with Gasteiger partial charge < -0.3 is 4.74 Å². The van der Waals surface area contributed by atoms with Crippen LogP contribution in [0.1, 0.15) is 19.4 Å². The van der Waals surface area contributed by atoms with Crippen LogP contribution in [0.15, 0.2) is 48.8 Å². The highest BCUT2D eigenvalue weighted by molar-refractivity contribution is 5.33. The molecule has 2 nitrogen and oxygen atoms in total. The molecule has 0 aliphatic rings. The lowest BCUT2D eigenvalue weighted by molar-refractivity contribution is 0.480. The van der Waals surface area contributed by atoms with Crippen LogP contribution in [-0.2, 0) is 6.42 Å². The SMILES string of the molecule is CC(C)Cc1cccc(Oc2ccncc2)c1. The molecule has 0 N–H and O–H groups in total. The molecule has 0 atom stereocenters. The first-order valence-electron chi connectivity index (χ1n) is 5.91. The predicted molar refractivity (Wildman–Crippen MR) is 69.3 cm³/mol. The summed E-state index contributed by atoms with van der Waals surface area (Å²) in [6, 6.07) is 12.0. The van der Waals surface area contributed by atoms with Crippen LogP contribution in [0.4, 0.5) is 0 Å². The largest absolute Gasteiger partial charge is 0.457 e. The van der Waals surface area contributed by atoms with Gasteiger partial charge in [0.05, 0.1) is 0 Å². The van der Waals surface area contributed by atoms with Gasteiger partial charge in [-0.15, -0.1) is 0 Å². The minimum atomic E-state index is 0.658. The van der Waals surface area contributed by atoms with Gasteiger partial charge in [-0.25, -0.2) is 0 Å². The van der Waals surface area contributed by atoms with Gasteiger partial charge in [0.15, 0.2) is 0 Å². The summed E-state index contributed by atoms with van der Waals surface area (Å²) in [5.74, 6) is 2.36. The van der Waals surface area contributed by atoms with Gasteiger partial charge >= 0.3 is 0 Å². The first-order valence-corrected chi connectivity index (χ1v) is 5.91. The molecule has 2 rings (SSSR count). The third-order valence-corrected chi connectivity index (χ3v) is 2.43. The maximum absolute atomic E-state index is 5.76. The number of benzene rings is 1. The number of ether oxygens (including phenoxy) is 1. The highest BCUT2D eigenvalue weighted by atomic mass is 16.5. The standard InChI is InChI=1S/C15H17NO/c1-12(2)10-13-4-3-5-15(11-13)17-14-6-8-16-9-7-14/h3-9,11-12H,10H2,1-2H3. The Kier molecular flexibility index (Phi) is 3.76. The third kappa shape index (κ3) is 3.59. The predicted octanol–water partition coefficient (Wildman–Crippen LogP) is 4.07. The fourth-order valence-electron chi connectivity index (χ4n) is 1.75. The Labute approximate surface area is 102 Å². The van der Waals surface area contributed by atoms with E-state index >= 15 is 0 Å². The average Bonchev–Trinajstić information content (AvgIpc) is 2.30. The number of rotatable bonds is 4. The molecular formula is C15H17NO. The molecule has 0 saturated carbocycles. The Morgan fingerprint density at radius 3 is 2.53 bits per heavy atom. The molecule has 88 valence electrons. The van der Waals surface area contributed by atoms with Crippen molar-refractivity contribution in [3.8, 4) is 11.5 Å². The summed E-state index contributed by atoms with van der Waals surface area (Å²) in [7, 11) is 0. The molecule has 1 heterocycles. The van der Waals surface area contributed by atoms with Crippen LogP contribution >= 0.6 is 0 Å². The smallest absolute Gasteiger partial charge is 0.130 e. The number of hydrogen-bond donors (Lipinski definition) is 0. The van der Waals surface area contributed by atoms with Gasteiger partial charge in [-0.1, -0.05) is 26.0 Å². The number of nitrogens with zero attached hydrogens (tertiary/aromatic N) is 1. The van der Waals surface area contributed by atoms with Crippen molar-refractivity contribution in [3.05, 3.63) is 54.4 Å². The number of hydrogen-bond acceptors (Lipinski definition) is 2. The van der Waals surface area contributed by atoms with Gasteiger partial charge in [0.2, 0.25) is 0 Å². The lowest BCUT2D eigenvalue weighted by Gasteiger charge is -2.08. The Hall–Kier alpha value is -1.83. The highest BCUT2D eigenvalue weighted by Crippen LogP contribution is 2.22. The van der Waals surface area contributed by atoms with Crippen molar-refractivity contribution in [2.24, 2.45) is 5.92 Å². The molecule has 0 spiro atoms. The van der Waals surface area contributed by atoms with E-state index in [-0.39, 0.29) is 0 Å². The minimum Gasteiger partial charge on any atom is -0.457 e. The average molecular weight is 227 g/mol. The molecule has 1 aromatic heterocycles. The van der Waals surface area contributed by atoms with Crippen LogP contribution < -0.4 is 4.74 Å². The van der Waals surface area contributed by atoms with Crippen LogP contribution in [-0.4, -0.2) is 4.98 Å². The second-order valence-corrected chi connectivity index (χ2v) is 4.53. The van der Waals surface area contributed by atoms with E-state index in [0.717, 1.165) is 17.9 Å². The molecule has 0 saturated heterocycles. The lowest BCUT2D eigenvalue weighted by atomic mass is 10.0. The molecule has 0 bridgehead atoms. The van der Waals surface area contributed by atoms with Crippen molar-refractivity contribution >= 4 is 0 Å². The third-order valence-electron chi connectivity index (χ3n) is 2.43. The molecular weight excluding hydrogens is 210 g/mol. The molecule has 0 radical (unpaired) electrons. The Bertz CT molecular complexity index is 465. The first kappa shape index (κ1) is 11.6. The monoisotopic (exact) mass is 227 g/mol. The molecule has 2 aromatic rings. The van der Waals surface area contributed by atoms with Crippen molar-refractivity contribution in [1.82, 2.24) is 4.98 Å². The summed E-state index contributed by atoms with van der Waals surface area (Å²) in [5.41, 5.74) is 1.31. The molecule has 17 heavy (non-hydrogen) atoms. The van der Waals surface area contributed by atoms with Gasteiger partial charge in [-0.3, -0.25) is 4.98 Å². The van der Waals surface area contributed by atoms with E-state index in [0.29, 0.717) is 5.92 Å². The lowest BCUT2D eigenvalue weighted by Crippen LogP contribution is -1.94. The Morgan fingerprint density at radius 2 is 1.82 bits per heavy atom. The zero-order valence-electron chi connectivity index (χ0n) is 10.3. The molecule has 0 amide bonds. The second kappa shape index (κ2) is 5.48. The zero-order valence-corrected chi connectivity index (χ0v) is 10.3. The van der Waals surface area contributed by atoms with Gasteiger partial charge in [0.25, 0.3) is 0 Å². The molecule has 0 aliphatic heterocycles. The topological polar surface area (TPSA) is 22.1 Å². The van der Waals surface area contributed by atoms with Gasteiger partial charge in [-0.2, -0.15) is 0 Å². The minimum absolute atomic E-state index is 0.658. The van der Waals surface area contributed by atoms with E-state index in [1.54, 1.807) is 12.4 Å². The maximum Gasteiger partial charge on any atom is 0.130 e. The van der Waals surface area contributed by atoms with E-state index in [1.807, 2.05) is 24.3 Å². The maximum atomic E-state index is 5.76. The van der Waals surface area contributed by atoms with Crippen molar-refractivity contribution in [2.45, 2.75) is 20.3 Å². The van der Waals surface area contributed by atoms with Crippen molar-refractivity contribution < 1.29 is 4.74 Å². The van der Waals surface area contributed by atoms with Crippen molar-refractivity contribution in [3.63, 3.8) is 0 Å². The molecule has 0 aliphatic carbocycles. The van der Waals surface area contributed by atoms with Crippen LogP contribution in [0.5, 0.6) is 11.5 Å². The van der Waals surface area contributed by atoms with Crippen LogP contribution in [0, 0.1) is 5.92 Å². The summed E-state index contributed by atoms with van der Waals surface area (Å²) in [5, 5.41) is 0. The van der Waals surface area contributed by atoms with Gasteiger partial charge in [0, 0.05) is 12.4 Å². The van der Waals surface area contributed by atoms with Crippen LogP contribution in [0.3, 0.4) is 0 Å². The number of pyridine rings is 1. The van der Waals surface area contributed by atoms with Crippen molar-refractivity contribution in [2.75, 3.05) is 0 Å². The molecule has 1 aromatic carbocycles. The molecule has 2 heteroatoms. The molecule has 0 unspecified atom stereocenters. The van der Waals surface area contributed by atoms with E-state index in [1.165, 1.54) is 5.56 Å². The summed E-state index contributed by atoms with van der Waals surface area (Å²) in [6.07, 6.45) is 4.54. The zero-order chi connectivity index (χ0) is 12.1. The fraction of sp³-hybridized carbons (Fsp3) is 0.267. The summed E-state index contributed by atoms with van der Waals surface area (Å²) in [6.45, 7) is 4.44. The summed E-state index contributed by atoms with van der Waals surface area (Å²) in [4.78, 5) is 3.96. The highest BCUT2D eigenvalue weighted by Gasteiger charge is 2.01. The Morgan fingerprint density at radius 1 is 1.06 bits per heavy atom. The van der Waals surface area contributed by atoms with Gasteiger partial charge in [-0.05, 0) is 42.2 Å². The summed E-state index contributed by atoms with van der Waals surface area (Å²) >= 11 is 0. The first-order chi connectivity index (χ1) is 8.24. The van der Waals surface area contributed by atoms with E-state index in [9.17, 15) is 0 Å². The summed E-state index contributed by atoms with van der Waals surface area (Å²) < 4.78 is 5.76. The van der Waals surface area contributed by atoms with E-state index in [2.05, 4.69) is 31.0 Å². The fourth-order valence-corrected chi connectivity index (χ4v) is 1.75. The normalized spacial score (nSPS) is 10.5. The second-order valence-electron chi connectivity index (χ2n) is 4.53. The van der Waals surface area contributed by atoms with Gasteiger partial charge in [0.1, 0.15) is 11.5 Å². The van der Waals surface area contributed by atoms with Crippen LogP contribution in [0.25, 0.3) is 0 Å². The number of aromatic nitrogens is 1. The Balaban J connectivity index is 2.11. The van der Waals surface area contributed by atoms with Crippen LogP contribution in [0.2, 0.25) is 0 Å². The van der Waals surface area contributed by atoms with E-state index in [4.69, 9.17) is 4.74 Å². The molecule has 0 fully saturated rings.